The van der Waals surface area contributed by atoms with Crippen molar-refractivity contribution >= 4 is 11.6 Å². The minimum absolute atomic E-state index is 0.476. The van der Waals surface area contributed by atoms with E-state index in [-0.39, 0.29) is 0 Å². The normalized spacial score (nSPS) is 19.3. The molecule has 0 radical (unpaired) electrons. The van der Waals surface area contributed by atoms with Crippen LogP contribution in [0.2, 0.25) is 0 Å². The van der Waals surface area contributed by atoms with Crippen LogP contribution in [0.3, 0.4) is 0 Å². The second kappa shape index (κ2) is 4.18. The molecule has 1 aliphatic rings. The number of fused-ring (bicyclic) bond motifs is 1. The molecule has 0 saturated heterocycles. The molecular weight excluding hydrogens is 204 g/mol. The summed E-state index contributed by atoms with van der Waals surface area (Å²) in [5, 5.41) is 0. The highest BCUT2D eigenvalue weighted by Crippen LogP contribution is 2.39. The van der Waals surface area contributed by atoms with Crippen molar-refractivity contribution in [3.8, 4) is 0 Å². The van der Waals surface area contributed by atoms with Crippen LogP contribution in [0.15, 0.2) is 24.3 Å². The Kier molecular flexibility index (Phi) is 2.99. The number of aryl methyl sites for hydroxylation is 1. The Balaban J connectivity index is 2.73. The summed E-state index contributed by atoms with van der Waals surface area (Å²) in [6.45, 7) is 15.4. The molecule has 0 spiro atoms. The van der Waals surface area contributed by atoms with Gasteiger partial charge in [0.25, 0.3) is 0 Å². The molecule has 90 valence electrons. The molecule has 1 atom stereocenters. The molecule has 1 aromatic carbocycles. The molecule has 0 nitrogen and oxygen atoms in total. The fourth-order valence-corrected chi connectivity index (χ4v) is 2.59. The second-order valence-corrected chi connectivity index (χ2v) is 5.61. The monoisotopic (exact) mass is 226 g/mol. The summed E-state index contributed by atoms with van der Waals surface area (Å²) in [6, 6.07) is 4.60. The predicted octanol–water partition coefficient (Wildman–Crippen LogP) is 5.18. The highest BCUT2D eigenvalue weighted by Gasteiger charge is 2.21. The van der Waals surface area contributed by atoms with Gasteiger partial charge in [0.15, 0.2) is 0 Å². The van der Waals surface area contributed by atoms with E-state index in [1.807, 2.05) is 0 Å². The topological polar surface area (TPSA) is 0 Å². The van der Waals surface area contributed by atoms with Crippen molar-refractivity contribution in [2.45, 2.75) is 40.5 Å². The summed E-state index contributed by atoms with van der Waals surface area (Å²) < 4.78 is 0. The van der Waals surface area contributed by atoms with Crippen molar-refractivity contribution in [3.05, 3.63) is 46.5 Å². The van der Waals surface area contributed by atoms with E-state index in [0.29, 0.717) is 11.8 Å². The molecule has 0 saturated carbocycles. The lowest BCUT2D eigenvalue weighted by Gasteiger charge is -2.27. The lowest BCUT2D eigenvalue weighted by Crippen LogP contribution is -2.09. The summed E-state index contributed by atoms with van der Waals surface area (Å²) in [4.78, 5) is 0. The van der Waals surface area contributed by atoms with Gasteiger partial charge >= 0.3 is 0 Å². The van der Waals surface area contributed by atoms with Crippen molar-refractivity contribution in [1.82, 2.24) is 0 Å². The predicted molar refractivity (Wildman–Crippen MR) is 77.1 cm³/mol. The number of benzene rings is 1. The standard InChI is InChI=1S/C17H22/c1-10(2)15-7-11(3)8-16-14(6)13(5)12(4)9-17(15)16/h7-10,13H,6H2,1-5H3. The van der Waals surface area contributed by atoms with Gasteiger partial charge in [0.2, 0.25) is 0 Å². The van der Waals surface area contributed by atoms with Crippen LogP contribution in [-0.4, -0.2) is 0 Å². The molecule has 1 aromatic rings. The Labute approximate surface area is 105 Å². The van der Waals surface area contributed by atoms with Gasteiger partial charge in [-0.2, -0.15) is 0 Å². The molecular formula is C17H22. The lowest BCUT2D eigenvalue weighted by atomic mass is 9.78. The molecule has 0 N–H and O–H groups in total. The first kappa shape index (κ1) is 12.2. The minimum atomic E-state index is 0.476. The van der Waals surface area contributed by atoms with E-state index in [0.717, 1.165) is 0 Å². The third kappa shape index (κ3) is 1.97. The summed E-state index contributed by atoms with van der Waals surface area (Å²) in [5.74, 6) is 1.04. The van der Waals surface area contributed by atoms with Crippen LogP contribution in [-0.2, 0) is 0 Å². The van der Waals surface area contributed by atoms with Gasteiger partial charge in [-0.05, 0) is 42.0 Å². The highest BCUT2D eigenvalue weighted by atomic mass is 14.3. The van der Waals surface area contributed by atoms with Gasteiger partial charge in [0.05, 0.1) is 0 Å². The molecule has 0 amide bonds. The smallest absolute Gasteiger partial charge is 0.00206 e. The van der Waals surface area contributed by atoms with Crippen LogP contribution in [0.1, 0.15) is 55.9 Å². The first-order valence-electron chi connectivity index (χ1n) is 6.43. The molecule has 0 heteroatoms. The molecule has 0 heterocycles. The van der Waals surface area contributed by atoms with Crippen molar-refractivity contribution in [1.29, 1.82) is 0 Å². The first-order chi connectivity index (χ1) is 7.91. The van der Waals surface area contributed by atoms with E-state index in [2.05, 4.69) is 59.4 Å². The second-order valence-electron chi connectivity index (χ2n) is 5.61. The van der Waals surface area contributed by atoms with E-state index in [1.54, 1.807) is 0 Å². The number of allylic oxidation sites excluding steroid dienone is 2. The number of rotatable bonds is 1. The quantitative estimate of drug-likeness (QED) is 0.618. The molecule has 0 fully saturated rings. The fraction of sp³-hybridized carbons (Fsp3) is 0.412. The van der Waals surface area contributed by atoms with Gasteiger partial charge in [-0.3, -0.25) is 0 Å². The van der Waals surface area contributed by atoms with Gasteiger partial charge in [-0.1, -0.05) is 56.7 Å². The molecule has 1 aliphatic carbocycles. The first-order valence-corrected chi connectivity index (χ1v) is 6.43. The van der Waals surface area contributed by atoms with Gasteiger partial charge in [0.1, 0.15) is 0 Å². The Bertz CT molecular complexity index is 501. The molecule has 0 aromatic heterocycles. The van der Waals surface area contributed by atoms with Crippen LogP contribution >= 0.6 is 0 Å². The number of hydrogen-bond acceptors (Lipinski definition) is 0. The average Bonchev–Trinajstić information content (AvgIpc) is 2.26. The van der Waals surface area contributed by atoms with Crippen LogP contribution in [0, 0.1) is 12.8 Å². The van der Waals surface area contributed by atoms with Crippen molar-refractivity contribution in [3.63, 3.8) is 0 Å². The molecule has 0 bridgehead atoms. The highest BCUT2D eigenvalue weighted by molar-refractivity contribution is 5.83. The van der Waals surface area contributed by atoms with Crippen LogP contribution in [0.5, 0.6) is 0 Å². The molecule has 0 aliphatic heterocycles. The summed E-state index contributed by atoms with van der Waals surface area (Å²) in [7, 11) is 0. The van der Waals surface area contributed by atoms with E-state index in [4.69, 9.17) is 0 Å². The van der Waals surface area contributed by atoms with Gasteiger partial charge in [-0.25, -0.2) is 0 Å². The van der Waals surface area contributed by atoms with Crippen molar-refractivity contribution in [2.24, 2.45) is 5.92 Å². The maximum Gasteiger partial charge on any atom is 0.00206 e. The minimum Gasteiger partial charge on any atom is -0.0946 e. The molecule has 17 heavy (non-hydrogen) atoms. The summed E-state index contributed by atoms with van der Waals surface area (Å²) in [6.07, 6.45) is 2.35. The zero-order valence-electron chi connectivity index (χ0n) is 11.6. The van der Waals surface area contributed by atoms with E-state index >= 15 is 0 Å². The third-order valence-electron chi connectivity index (χ3n) is 3.90. The maximum atomic E-state index is 4.29. The Morgan fingerprint density at radius 1 is 1.18 bits per heavy atom. The van der Waals surface area contributed by atoms with Crippen LogP contribution in [0.4, 0.5) is 0 Å². The Morgan fingerprint density at radius 2 is 1.82 bits per heavy atom. The zero-order chi connectivity index (χ0) is 12.7. The van der Waals surface area contributed by atoms with E-state index in [9.17, 15) is 0 Å². The molecule has 1 unspecified atom stereocenters. The van der Waals surface area contributed by atoms with E-state index < -0.39 is 0 Å². The average molecular weight is 226 g/mol. The molecule has 2 rings (SSSR count). The van der Waals surface area contributed by atoms with Gasteiger partial charge < -0.3 is 0 Å². The fourth-order valence-electron chi connectivity index (χ4n) is 2.59. The van der Waals surface area contributed by atoms with E-state index in [1.165, 1.54) is 33.4 Å². The lowest BCUT2D eigenvalue weighted by molar-refractivity contribution is 0.846. The van der Waals surface area contributed by atoms with Crippen molar-refractivity contribution in [2.75, 3.05) is 0 Å². The Morgan fingerprint density at radius 3 is 2.41 bits per heavy atom. The summed E-state index contributed by atoms with van der Waals surface area (Å²) in [5.41, 5.74) is 8.23. The maximum absolute atomic E-state index is 4.29. The SMILES string of the molecule is C=C1c2cc(C)cc(C(C)C)c2C=C(C)C1C. The third-order valence-corrected chi connectivity index (χ3v) is 3.90. The van der Waals surface area contributed by atoms with Crippen molar-refractivity contribution < 1.29 is 0 Å². The zero-order valence-corrected chi connectivity index (χ0v) is 11.6. The van der Waals surface area contributed by atoms with Crippen LogP contribution in [0.25, 0.3) is 11.6 Å². The Hall–Kier alpha value is -1.30. The van der Waals surface area contributed by atoms with Gasteiger partial charge in [-0.15, -0.1) is 0 Å². The van der Waals surface area contributed by atoms with Gasteiger partial charge in [0, 0.05) is 5.92 Å². The number of hydrogen-bond donors (Lipinski definition) is 0. The van der Waals surface area contributed by atoms with Crippen LogP contribution < -0.4 is 0 Å². The largest absolute Gasteiger partial charge is 0.0946 e. The summed E-state index contributed by atoms with van der Waals surface area (Å²) >= 11 is 0.